The molecule has 7 nitrogen and oxygen atoms in total. The molecule has 0 bridgehead atoms. The number of amides is 3. The first-order valence-corrected chi connectivity index (χ1v) is 8.75. The van der Waals surface area contributed by atoms with Crippen LogP contribution >= 0.6 is 11.8 Å². The molecular weight excluding hydrogens is 340 g/mol. The Morgan fingerprint density at radius 3 is 2.76 bits per heavy atom. The smallest absolute Gasteiger partial charge is 0.321 e. The summed E-state index contributed by atoms with van der Waals surface area (Å²) in [5.74, 6) is -0.497. The summed E-state index contributed by atoms with van der Waals surface area (Å²) >= 11 is 1.12. The number of rotatable bonds is 6. The second kappa shape index (κ2) is 8.48. The van der Waals surface area contributed by atoms with E-state index in [0.29, 0.717) is 16.1 Å². The van der Waals surface area contributed by atoms with E-state index >= 15 is 0 Å². The molecule has 0 saturated heterocycles. The van der Waals surface area contributed by atoms with Gasteiger partial charge in [0.25, 0.3) is 5.56 Å². The molecule has 0 spiro atoms. The maximum atomic E-state index is 12.7. The molecule has 2 rings (SSSR count). The van der Waals surface area contributed by atoms with Crippen LogP contribution < -0.4 is 16.2 Å². The molecular formula is C17H20N4O3S. The van der Waals surface area contributed by atoms with Crippen molar-refractivity contribution >= 4 is 34.6 Å². The topological polar surface area (TPSA) is 93.1 Å². The Morgan fingerprint density at radius 2 is 2.08 bits per heavy atom. The third-order valence-corrected chi connectivity index (χ3v) is 4.24. The van der Waals surface area contributed by atoms with Gasteiger partial charge >= 0.3 is 6.03 Å². The molecule has 0 radical (unpaired) electrons. The van der Waals surface area contributed by atoms with Gasteiger partial charge in [-0.15, -0.1) is 6.58 Å². The van der Waals surface area contributed by atoms with Crippen molar-refractivity contribution in [3.63, 3.8) is 0 Å². The maximum absolute atomic E-state index is 12.7. The quantitative estimate of drug-likeness (QED) is 0.467. The van der Waals surface area contributed by atoms with E-state index in [1.165, 1.54) is 6.08 Å². The van der Waals surface area contributed by atoms with Crippen molar-refractivity contribution in [3.8, 4) is 0 Å². The molecule has 0 fully saturated rings. The van der Waals surface area contributed by atoms with Crippen LogP contribution in [0, 0.1) is 0 Å². The van der Waals surface area contributed by atoms with E-state index in [2.05, 4.69) is 22.2 Å². The summed E-state index contributed by atoms with van der Waals surface area (Å²) < 4.78 is 1.55. The standard InChI is InChI=1S/C17H20N4O3S/c1-4-9-18-16(24)20-14(22)10-25-17-19-13-8-6-5-7-12(13)15(23)21(17)11(2)3/h4-8,11H,1,9-10H2,2-3H3,(H2,18,20,22,24). The fraction of sp³-hybridized carbons (Fsp3) is 0.294. The first kappa shape index (κ1) is 18.7. The second-order valence-electron chi connectivity index (χ2n) is 5.52. The number of benzene rings is 1. The zero-order valence-electron chi connectivity index (χ0n) is 14.1. The summed E-state index contributed by atoms with van der Waals surface area (Å²) in [4.78, 5) is 40.5. The van der Waals surface area contributed by atoms with Crippen LogP contribution in [-0.4, -0.2) is 33.8 Å². The van der Waals surface area contributed by atoms with Gasteiger partial charge in [0.05, 0.1) is 16.7 Å². The van der Waals surface area contributed by atoms with Crippen LogP contribution in [0.15, 0.2) is 46.9 Å². The molecule has 0 saturated carbocycles. The lowest BCUT2D eigenvalue weighted by atomic mass is 10.2. The summed E-state index contributed by atoms with van der Waals surface area (Å²) in [6.07, 6.45) is 1.51. The highest BCUT2D eigenvalue weighted by Crippen LogP contribution is 2.20. The van der Waals surface area contributed by atoms with Crippen molar-refractivity contribution in [2.45, 2.75) is 25.0 Å². The predicted octanol–water partition coefficient (Wildman–Crippen LogP) is 2.08. The van der Waals surface area contributed by atoms with E-state index in [9.17, 15) is 14.4 Å². The van der Waals surface area contributed by atoms with Crippen LogP contribution in [0.2, 0.25) is 0 Å². The minimum Gasteiger partial charge on any atom is -0.334 e. The highest BCUT2D eigenvalue weighted by molar-refractivity contribution is 7.99. The zero-order chi connectivity index (χ0) is 18.4. The SMILES string of the molecule is C=CCNC(=O)NC(=O)CSc1nc2ccccc2c(=O)n1C(C)C. The Morgan fingerprint density at radius 1 is 1.36 bits per heavy atom. The molecule has 132 valence electrons. The van der Waals surface area contributed by atoms with Crippen LogP contribution in [0.25, 0.3) is 10.9 Å². The van der Waals surface area contributed by atoms with Gasteiger partial charge in [0.2, 0.25) is 5.91 Å². The van der Waals surface area contributed by atoms with Gasteiger partial charge in [-0.25, -0.2) is 9.78 Å². The predicted molar refractivity (Wildman–Crippen MR) is 98.9 cm³/mol. The number of nitrogens with one attached hydrogen (secondary N) is 2. The maximum Gasteiger partial charge on any atom is 0.321 e. The van der Waals surface area contributed by atoms with Gasteiger partial charge in [-0.1, -0.05) is 30.0 Å². The normalized spacial score (nSPS) is 10.7. The van der Waals surface area contributed by atoms with Crippen molar-refractivity contribution in [1.29, 1.82) is 0 Å². The Labute approximate surface area is 149 Å². The number of hydrogen-bond donors (Lipinski definition) is 2. The van der Waals surface area contributed by atoms with E-state index in [1.54, 1.807) is 28.8 Å². The number of hydrogen-bond acceptors (Lipinski definition) is 5. The molecule has 3 amide bonds. The van der Waals surface area contributed by atoms with Crippen LogP contribution in [0.3, 0.4) is 0 Å². The monoisotopic (exact) mass is 360 g/mol. The van der Waals surface area contributed by atoms with Crippen LogP contribution in [0.5, 0.6) is 0 Å². The summed E-state index contributed by atoms with van der Waals surface area (Å²) in [6.45, 7) is 7.50. The fourth-order valence-electron chi connectivity index (χ4n) is 2.18. The third-order valence-electron chi connectivity index (χ3n) is 3.28. The van der Waals surface area contributed by atoms with E-state index in [4.69, 9.17) is 0 Å². The number of urea groups is 1. The summed E-state index contributed by atoms with van der Waals surface area (Å²) in [6, 6.07) is 6.39. The lowest BCUT2D eigenvalue weighted by Gasteiger charge is -2.15. The lowest BCUT2D eigenvalue weighted by Crippen LogP contribution is -2.40. The van der Waals surface area contributed by atoms with E-state index < -0.39 is 11.9 Å². The van der Waals surface area contributed by atoms with Crippen molar-refractivity contribution in [3.05, 3.63) is 47.3 Å². The Hall–Kier alpha value is -2.61. The van der Waals surface area contributed by atoms with Gasteiger partial charge in [0.1, 0.15) is 0 Å². The highest BCUT2D eigenvalue weighted by Gasteiger charge is 2.15. The minimum absolute atomic E-state index is 0.0288. The number of para-hydroxylation sites is 1. The first-order chi connectivity index (χ1) is 11.9. The van der Waals surface area contributed by atoms with Crippen LogP contribution in [-0.2, 0) is 4.79 Å². The lowest BCUT2D eigenvalue weighted by molar-refractivity contribution is -0.117. The van der Waals surface area contributed by atoms with Crippen LogP contribution in [0.1, 0.15) is 19.9 Å². The number of carbonyl (C=O) groups excluding carboxylic acids is 2. The largest absolute Gasteiger partial charge is 0.334 e. The molecule has 0 aliphatic rings. The molecule has 1 heterocycles. The van der Waals surface area contributed by atoms with E-state index in [0.717, 1.165) is 11.8 Å². The van der Waals surface area contributed by atoms with Crippen molar-refractivity contribution in [1.82, 2.24) is 20.2 Å². The summed E-state index contributed by atoms with van der Waals surface area (Å²) in [7, 11) is 0. The average molecular weight is 360 g/mol. The average Bonchev–Trinajstić information content (AvgIpc) is 2.57. The van der Waals surface area contributed by atoms with Crippen molar-refractivity contribution < 1.29 is 9.59 Å². The van der Waals surface area contributed by atoms with Gasteiger partial charge in [0.15, 0.2) is 5.16 Å². The first-order valence-electron chi connectivity index (χ1n) is 7.76. The van der Waals surface area contributed by atoms with E-state index in [1.807, 2.05) is 13.8 Å². The number of thioether (sulfide) groups is 1. The van der Waals surface area contributed by atoms with Gasteiger partial charge in [-0.3, -0.25) is 19.5 Å². The molecule has 2 aromatic rings. The summed E-state index contributed by atoms with van der Waals surface area (Å²) in [5.41, 5.74) is 0.434. The molecule has 8 heteroatoms. The number of carbonyl (C=O) groups is 2. The molecule has 0 unspecified atom stereocenters. The molecule has 1 aromatic carbocycles. The van der Waals surface area contributed by atoms with Gasteiger partial charge in [-0.2, -0.15) is 0 Å². The Kier molecular flexibility index (Phi) is 6.35. The highest BCUT2D eigenvalue weighted by atomic mass is 32.2. The van der Waals surface area contributed by atoms with Gasteiger partial charge < -0.3 is 5.32 Å². The van der Waals surface area contributed by atoms with Crippen molar-refractivity contribution in [2.75, 3.05) is 12.3 Å². The molecule has 0 aliphatic heterocycles. The zero-order valence-corrected chi connectivity index (χ0v) is 14.9. The summed E-state index contributed by atoms with van der Waals surface area (Å²) in [5, 5.41) is 5.65. The van der Waals surface area contributed by atoms with Gasteiger partial charge in [0, 0.05) is 12.6 Å². The molecule has 25 heavy (non-hydrogen) atoms. The van der Waals surface area contributed by atoms with Crippen molar-refractivity contribution in [2.24, 2.45) is 0 Å². The minimum atomic E-state index is -0.585. The van der Waals surface area contributed by atoms with Gasteiger partial charge in [-0.05, 0) is 26.0 Å². The molecule has 0 atom stereocenters. The number of fused-ring (bicyclic) bond motifs is 1. The number of imide groups is 1. The third kappa shape index (κ3) is 4.69. The van der Waals surface area contributed by atoms with E-state index in [-0.39, 0.29) is 23.9 Å². The molecule has 0 aliphatic carbocycles. The molecule has 1 aromatic heterocycles. The number of nitrogens with zero attached hydrogens (tertiary/aromatic N) is 2. The fourth-order valence-corrected chi connectivity index (χ4v) is 3.11. The molecule has 2 N–H and O–H groups in total. The number of aromatic nitrogens is 2. The Balaban J connectivity index is 2.19. The van der Waals surface area contributed by atoms with Crippen LogP contribution in [0.4, 0.5) is 4.79 Å². The Bertz CT molecular complexity index is 861. The second-order valence-corrected chi connectivity index (χ2v) is 6.46.